The summed E-state index contributed by atoms with van der Waals surface area (Å²) in [5, 5.41) is 2.56. The van der Waals surface area contributed by atoms with E-state index in [1.807, 2.05) is 0 Å². The lowest BCUT2D eigenvalue weighted by atomic mass is 10.2. The molecule has 7 heteroatoms. The van der Waals surface area contributed by atoms with Gasteiger partial charge in [-0.2, -0.15) is 0 Å². The summed E-state index contributed by atoms with van der Waals surface area (Å²) in [6, 6.07) is 1.54. The van der Waals surface area contributed by atoms with Crippen molar-refractivity contribution in [2.24, 2.45) is 0 Å². The van der Waals surface area contributed by atoms with E-state index in [1.54, 1.807) is 13.8 Å². The van der Waals surface area contributed by atoms with E-state index < -0.39 is 5.91 Å². The second-order valence-corrected chi connectivity index (χ2v) is 5.12. The highest BCUT2D eigenvalue weighted by Gasteiger charge is 2.14. The average molecular weight is 338 g/mol. The number of carbonyl (C=O) groups excluding carboxylic acids is 1. The first-order chi connectivity index (χ1) is 9.40. The standard InChI is InChI=1S/C13H12BrN3O3/c1-6-3-8(4-16-12(6)19)17-13(20)9-5-15-7(2)10(14)11(9)18/h3-5H,1-2H3,(H,15,18)(H,16,19)(H,17,20). The minimum atomic E-state index is -0.543. The van der Waals surface area contributed by atoms with Crippen LogP contribution in [0.1, 0.15) is 21.6 Å². The van der Waals surface area contributed by atoms with Crippen molar-refractivity contribution in [2.45, 2.75) is 13.8 Å². The van der Waals surface area contributed by atoms with Gasteiger partial charge in [-0.3, -0.25) is 14.4 Å². The zero-order valence-electron chi connectivity index (χ0n) is 10.8. The van der Waals surface area contributed by atoms with Crippen LogP contribution in [-0.4, -0.2) is 15.9 Å². The van der Waals surface area contributed by atoms with Gasteiger partial charge in [0.2, 0.25) is 5.43 Å². The maximum absolute atomic E-state index is 12.1. The summed E-state index contributed by atoms with van der Waals surface area (Å²) in [6.45, 7) is 3.35. The van der Waals surface area contributed by atoms with Crippen molar-refractivity contribution in [1.82, 2.24) is 9.97 Å². The summed E-state index contributed by atoms with van der Waals surface area (Å²) in [4.78, 5) is 40.6. The average Bonchev–Trinajstić information content (AvgIpc) is 2.40. The molecular formula is C13H12BrN3O3. The molecule has 2 rings (SSSR count). The molecule has 1 amide bonds. The summed E-state index contributed by atoms with van der Waals surface area (Å²) in [7, 11) is 0. The molecule has 0 spiro atoms. The molecule has 2 aromatic rings. The molecule has 0 saturated carbocycles. The Morgan fingerprint density at radius 2 is 1.90 bits per heavy atom. The first kappa shape index (κ1) is 14.3. The lowest BCUT2D eigenvalue weighted by molar-refractivity contribution is 0.102. The van der Waals surface area contributed by atoms with Gasteiger partial charge in [0.05, 0.1) is 10.2 Å². The van der Waals surface area contributed by atoms with Crippen molar-refractivity contribution in [3.8, 4) is 0 Å². The van der Waals surface area contributed by atoms with Crippen molar-refractivity contribution >= 4 is 27.5 Å². The van der Waals surface area contributed by atoms with E-state index >= 15 is 0 Å². The van der Waals surface area contributed by atoms with Crippen LogP contribution in [0.15, 0.2) is 32.5 Å². The number of amides is 1. The number of carbonyl (C=O) groups is 1. The van der Waals surface area contributed by atoms with Gasteiger partial charge < -0.3 is 15.3 Å². The fourth-order valence-electron chi connectivity index (χ4n) is 1.63. The van der Waals surface area contributed by atoms with Crippen LogP contribution in [0, 0.1) is 13.8 Å². The summed E-state index contributed by atoms with van der Waals surface area (Å²) >= 11 is 3.13. The van der Waals surface area contributed by atoms with Crippen LogP contribution in [0.5, 0.6) is 0 Å². The van der Waals surface area contributed by atoms with Crippen LogP contribution < -0.4 is 16.3 Å². The Labute approximate surface area is 122 Å². The normalized spacial score (nSPS) is 10.3. The molecule has 2 aromatic heterocycles. The maximum Gasteiger partial charge on any atom is 0.261 e. The van der Waals surface area contributed by atoms with Crippen LogP contribution in [0.2, 0.25) is 0 Å². The Morgan fingerprint density at radius 1 is 1.20 bits per heavy atom. The van der Waals surface area contributed by atoms with Crippen LogP contribution in [0.4, 0.5) is 5.69 Å². The fourth-order valence-corrected chi connectivity index (χ4v) is 1.96. The zero-order valence-corrected chi connectivity index (χ0v) is 12.4. The number of pyridine rings is 2. The van der Waals surface area contributed by atoms with Crippen LogP contribution >= 0.6 is 15.9 Å². The number of hydrogen-bond donors (Lipinski definition) is 3. The third kappa shape index (κ3) is 2.72. The van der Waals surface area contributed by atoms with Gasteiger partial charge in [-0.25, -0.2) is 0 Å². The number of halogens is 1. The fraction of sp³-hybridized carbons (Fsp3) is 0.154. The molecule has 0 aromatic carbocycles. The second kappa shape index (κ2) is 5.46. The van der Waals surface area contributed by atoms with Crippen LogP contribution in [0.3, 0.4) is 0 Å². The Kier molecular flexibility index (Phi) is 3.89. The van der Waals surface area contributed by atoms with Crippen molar-refractivity contribution in [3.05, 3.63) is 60.3 Å². The van der Waals surface area contributed by atoms with Crippen molar-refractivity contribution in [3.63, 3.8) is 0 Å². The third-order valence-corrected chi connectivity index (χ3v) is 3.75. The molecule has 0 saturated heterocycles. The highest BCUT2D eigenvalue weighted by atomic mass is 79.9. The number of aromatic nitrogens is 2. The van der Waals surface area contributed by atoms with Crippen LogP contribution in [0.25, 0.3) is 0 Å². The number of hydrogen-bond acceptors (Lipinski definition) is 3. The molecule has 0 aliphatic carbocycles. The van der Waals surface area contributed by atoms with E-state index in [0.717, 1.165) is 0 Å². The van der Waals surface area contributed by atoms with Gasteiger partial charge in [0.15, 0.2) is 0 Å². The first-order valence-electron chi connectivity index (χ1n) is 5.78. The van der Waals surface area contributed by atoms with Gasteiger partial charge in [-0.15, -0.1) is 0 Å². The molecule has 104 valence electrons. The molecule has 0 fully saturated rings. The Morgan fingerprint density at radius 3 is 2.55 bits per heavy atom. The molecule has 20 heavy (non-hydrogen) atoms. The number of aryl methyl sites for hydroxylation is 2. The quantitative estimate of drug-likeness (QED) is 0.778. The van der Waals surface area contributed by atoms with Gasteiger partial charge in [0, 0.05) is 23.7 Å². The van der Waals surface area contributed by atoms with E-state index in [2.05, 4.69) is 31.2 Å². The number of anilines is 1. The molecule has 0 bridgehead atoms. The summed E-state index contributed by atoms with van der Waals surface area (Å²) in [5.41, 5.74) is 0.918. The SMILES string of the molecule is Cc1[nH]cc(C(=O)Nc2c[nH]c(=O)c(C)c2)c(=O)c1Br. The highest BCUT2D eigenvalue weighted by Crippen LogP contribution is 2.10. The topological polar surface area (TPSA) is 94.8 Å². The number of rotatable bonds is 2. The van der Waals surface area contributed by atoms with Gasteiger partial charge in [0.25, 0.3) is 11.5 Å². The monoisotopic (exact) mass is 337 g/mol. The van der Waals surface area contributed by atoms with Crippen molar-refractivity contribution in [2.75, 3.05) is 5.32 Å². The summed E-state index contributed by atoms with van der Waals surface area (Å²) in [6.07, 6.45) is 2.74. The lowest BCUT2D eigenvalue weighted by Gasteiger charge is -2.06. The second-order valence-electron chi connectivity index (χ2n) is 4.33. The molecule has 2 heterocycles. The first-order valence-corrected chi connectivity index (χ1v) is 6.58. The van der Waals surface area contributed by atoms with Gasteiger partial charge in [-0.05, 0) is 35.8 Å². The molecule has 6 nitrogen and oxygen atoms in total. The summed E-state index contributed by atoms with van der Waals surface area (Å²) in [5.74, 6) is -0.543. The third-order valence-electron chi connectivity index (χ3n) is 2.80. The number of H-pyrrole nitrogens is 2. The number of aromatic amines is 2. The number of nitrogens with one attached hydrogen (secondary N) is 3. The predicted molar refractivity (Wildman–Crippen MR) is 79.3 cm³/mol. The van der Waals surface area contributed by atoms with E-state index in [9.17, 15) is 14.4 Å². The molecule has 0 aliphatic rings. The minimum Gasteiger partial charge on any atom is -0.363 e. The largest absolute Gasteiger partial charge is 0.363 e. The molecule has 0 aliphatic heterocycles. The van der Waals surface area contributed by atoms with E-state index in [1.165, 1.54) is 18.5 Å². The smallest absolute Gasteiger partial charge is 0.261 e. The zero-order chi connectivity index (χ0) is 14.9. The summed E-state index contributed by atoms with van der Waals surface area (Å²) < 4.78 is 0.322. The van der Waals surface area contributed by atoms with E-state index in [4.69, 9.17) is 0 Å². The molecule has 3 N–H and O–H groups in total. The lowest BCUT2D eigenvalue weighted by Crippen LogP contribution is -2.23. The Balaban J connectivity index is 2.33. The van der Waals surface area contributed by atoms with Crippen molar-refractivity contribution in [1.29, 1.82) is 0 Å². The van der Waals surface area contributed by atoms with Crippen LogP contribution in [-0.2, 0) is 0 Å². The van der Waals surface area contributed by atoms with Gasteiger partial charge in [-0.1, -0.05) is 0 Å². The molecule has 0 unspecified atom stereocenters. The minimum absolute atomic E-state index is 0.00803. The van der Waals surface area contributed by atoms with E-state index in [0.29, 0.717) is 21.4 Å². The van der Waals surface area contributed by atoms with Gasteiger partial charge >= 0.3 is 0 Å². The predicted octanol–water partition coefficient (Wildman–Crippen LogP) is 1.69. The van der Waals surface area contributed by atoms with Gasteiger partial charge in [0.1, 0.15) is 5.56 Å². The molecule has 0 radical (unpaired) electrons. The highest BCUT2D eigenvalue weighted by molar-refractivity contribution is 9.10. The van der Waals surface area contributed by atoms with Crippen molar-refractivity contribution < 1.29 is 4.79 Å². The molecular weight excluding hydrogens is 326 g/mol. The van der Waals surface area contributed by atoms with E-state index in [-0.39, 0.29) is 16.6 Å². The Bertz CT molecular complexity index is 792. The Hall–Kier alpha value is -2.15. The maximum atomic E-state index is 12.1. The molecule has 0 atom stereocenters.